The van der Waals surface area contributed by atoms with E-state index in [1.807, 2.05) is 4.90 Å². The van der Waals surface area contributed by atoms with E-state index >= 15 is 0 Å². The highest BCUT2D eigenvalue weighted by atomic mass is 16.5. The number of nitrogens with zero attached hydrogens (tertiary/aromatic N) is 2. The van der Waals surface area contributed by atoms with Gasteiger partial charge in [-0.15, -0.1) is 0 Å². The summed E-state index contributed by atoms with van der Waals surface area (Å²) >= 11 is 0. The number of rotatable bonds is 2. The number of amides is 2. The summed E-state index contributed by atoms with van der Waals surface area (Å²) in [5.74, 6) is -0.0115. The molecule has 0 saturated carbocycles. The minimum atomic E-state index is -0.940. The SMILES string of the molecule is CNC(=O)[C@@]1(C)CN(C(=O)C2(C)CCN(C)CC2)CCO1. The highest BCUT2D eigenvalue weighted by Crippen LogP contribution is 2.34. The number of piperidine rings is 1. The lowest BCUT2D eigenvalue weighted by Crippen LogP contribution is -2.61. The molecule has 1 atom stereocenters. The molecule has 0 aliphatic carbocycles. The smallest absolute Gasteiger partial charge is 0.253 e. The number of ether oxygens (including phenoxy) is 1. The third kappa shape index (κ3) is 3.21. The van der Waals surface area contributed by atoms with Crippen molar-refractivity contribution in [2.24, 2.45) is 5.41 Å². The second kappa shape index (κ2) is 5.93. The van der Waals surface area contributed by atoms with Crippen LogP contribution in [0.2, 0.25) is 0 Å². The van der Waals surface area contributed by atoms with Crippen LogP contribution in [0, 0.1) is 5.41 Å². The van der Waals surface area contributed by atoms with Gasteiger partial charge in [-0.05, 0) is 39.9 Å². The van der Waals surface area contributed by atoms with Crippen LogP contribution in [0.1, 0.15) is 26.7 Å². The first-order chi connectivity index (χ1) is 9.81. The standard InChI is InChI=1S/C15H27N3O3/c1-14(5-7-17(4)8-6-14)13(20)18-9-10-21-15(2,11-18)12(19)16-3/h5-11H2,1-4H3,(H,16,19)/t15-/m1/s1. The van der Waals surface area contributed by atoms with Crippen LogP contribution in [0.3, 0.4) is 0 Å². The Labute approximate surface area is 126 Å². The highest BCUT2D eigenvalue weighted by Gasteiger charge is 2.45. The van der Waals surface area contributed by atoms with E-state index in [1.54, 1.807) is 14.0 Å². The van der Waals surface area contributed by atoms with Gasteiger partial charge in [-0.3, -0.25) is 9.59 Å². The van der Waals surface area contributed by atoms with E-state index in [9.17, 15) is 9.59 Å². The molecule has 2 heterocycles. The Balaban J connectivity index is 2.07. The number of carbonyl (C=O) groups excluding carboxylic acids is 2. The van der Waals surface area contributed by atoms with Crippen molar-refractivity contribution in [2.45, 2.75) is 32.3 Å². The lowest BCUT2D eigenvalue weighted by atomic mass is 9.78. The molecule has 0 aromatic carbocycles. The highest BCUT2D eigenvalue weighted by molar-refractivity contribution is 5.87. The van der Waals surface area contributed by atoms with E-state index in [0.717, 1.165) is 25.9 Å². The van der Waals surface area contributed by atoms with Gasteiger partial charge in [0.25, 0.3) is 5.91 Å². The van der Waals surface area contributed by atoms with E-state index in [-0.39, 0.29) is 17.2 Å². The first-order valence-corrected chi connectivity index (χ1v) is 7.65. The van der Waals surface area contributed by atoms with Crippen LogP contribution >= 0.6 is 0 Å². The Morgan fingerprint density at radius 1 is 1.14 bits per heavy atom. The number of hydrogen-bond donors (Lipinski definition) is 1. The topological polar surface area (TPSA) is 61.9 Å². The first kappa shape index (κ1) is 16.2. The molecule has 21 heavy (non-hydrogen) atoms. The molecule has 2 aliphatic heterocycles. The molecule has 0 aromatic rings. The minimum Gasteiger partial charge on any atom is -0.362 e. The van der Waals surface area contributed by atoms with E-state index < -0.39 is 5.60 Å². The van der Waals surface area contributed by atoms with Crippen molar-refractivity contribution in [3.05, 3.63) is 0 Å². The van der Waals surface area contributed by atoms with Gasteiger partial charge in [-0.25, -0.2) is 0 Å². The van der Waals surface area contributed by atoms with Crippen molar-refractivity contribution < 1.29 is 14.3 Å². The summed E-state index contributed by atoms with van der Waals surface area (Å²) < 4.78 is 5.62. The van der Waals surface area contributed by atoms with E-state index in [0.29, 0.717) is 19.7 Å². The summed E-state index contributed by atoms with van der Waals surface area (Å²) in [6.07, 6.45) is 1.74. The molecular weight excluding hydrogens is 270 g/mol. The third-order valence-corrected chi connectivity index (χ3v) is 4.88. The zero-order chi connectivity index (χ0) is 15.7. The van der Waals surface area contributed by atoms with E-state index in [2.05, 4.69) is 24.2 Å². The van der Waals surface area contributed by atoms with Crippen LogP contribution in [0.5, 0.6) is 0 Å². The van der Waals surface area contributed by atoms with Gasteiger partial charge >= 0.3 is 0 Å². The summed E-state index contributed by atoms with van der Waals surface area (Å²) in [7, 11) is 3.68. The number of hydrogen-bond acceptors (Lipinski definition) is 4. The zero-order valence-corrected chi connectivity index (χ0v) is 13.6. The number of carbonyl (C=O) groups is 2. The second-order valence-corrected chi connectivity index (χ2v) is 6.75. The van der Waals surface area contributed by atoms with Crippen molar-refractivity contribution in [2.75, 3.05) is 46.9 Å². The Hall–Kier alpha value is -1.14. The minimum absolute atomic E-state index is 0.161. The Morgan fingerprint density at radius 3 is 2.33 bits per heavy atom. The molecule has 2 rings (SSSR count). The number of morpholine rings is 1. The van der Waals surface area contributed by atoms with E-state index in [4.69, 9.17) is 4.74 Å². The normalized spacial score (nSPS) is 30.0. The molecule has 0 aromatic heterocycles. The van der Waals surface area contributed by atoms with Gasteiger partial charge in [0.05, 0.1) is 13.2 Å². The molecule has 2 aliphatic rings. The van der Waals surface area contributed by atoms with Crippen LogP contribution in [0.15, 0.2) is 0 Å². The molecule has 2 saturated heterocycles. The lowest BCUT2D eigenvalue weighted by molar-refractivity contribution is -0.168. The molecule has 0 radical (unpaired) electrons. The quantitative estimate of drug-likeness (QED) is 0.784. The number of likely N-dealkylation sites (tertiary alicyclic amines) is 1. The molecule has 120 valence electrons. The third-order valence-electron chi connectivity index (χ3n) is 4.88. The fourth-order valence-corrected chi connectivity index (χ4v) is 3.15. The number of nitrogens with one attached hydrogen (secondary N) is 1. The predicted octanol–water partition coefficient (Wildman–Crippen LogP) is 0.0818. The molecule has 0 spiro atoms. The molecule has 2 amide bonds. The Bertz CT molecular complexity index is 418. The van der Waals surface area contributed by atoms with Crippen molar-refractivity contribution >= 4 is 11.8 Å². The Kier molecular flexibility index (Phi) is 4.58. The van der Waals surface area contributed by atoms with Crippen molar-refractivity contribution in [3.8, 4) is 0 Å². The summed E-state index contributed by atoms with van der Waals surface area (Å²) in [5, 5.41) is 2.62. The van der Waals surface area contributed by atoms with Gasteiger partial charge in [-0.2, -0.15) is 0 Å². The van der Waals surface area contributed by atoms with Gasteiger partial charge in [0.2, 0.25) is 5.91 Å². The first-order valence-electron chi connectivity index (χ1n) is 7.65. The Morgan fingerprint density at radius 2 is 1.76 bits per heavy atom. The van der Waals surface area contributed by atoms with Crippen molar-refractivity contribution in [1.82, 2.24) is 15.1 Å². The van der Waals surface area contributed by atoms with Crippen LogP contribution < -0.4 is 5.32 Å². The summed E-state index contributed by atoms with van der Waals surface area (Å²) in [6.45, 7) is 7.00. The largest absolute Gasteiger partial charge is 0.362 e. The molecular formula is C15H27N3O3. The maximum absolute atomic E-state index is 12.9. The maximum atomic E-state index is 12.9. The molecule has 1 N–H and O–H groups in total. The fraction of sp³-hybridized carbons (Fsp3) is 0.867. The van der Waals surface area contributed by atoms with Gasteiger partial charge in [0.1, 0.15) is 0 Å². The van der Waals surface area contributed by atoms with Crippen molar-refractivity contribution in [1.29, 1.82) is 0 Å². The molecule has 6 heteroatoms. The zero-order valence-electron chi connectivity index (χ0n) is 13.6. The molecule has 2 fully saturated rings. The molecule has 6 nitrogen and oxygen atoms in total. The van der Waals surface area contributed by atoms with Crippen LogP contribution in [0.25, 0.3) is 0 Å². The van der Waals surface area contributed by atoms with Gasteiger partial charge in [-0.1, -0.05) is 6.92 Å². The average Bonchev–Trinajstić information content (AvgIpc) is 2.48. The summed E-state index contributed by atoms with van der Waals surface area (Å²) in [5.41, 5.74) is -1.25. The molecule has 0 bridgehead atoms. The van der Waals surface area contributed by atoms with Gasteiger partial charge < -0.3 is 19.9 Å². The monoisotopic (exact) mass is 297 g/mol. The average molecular weight is 297 g/mol. The van der Waals surface area contributed by atoms with Gasteiger partial charge in [0.15, 0.2) is 5.60 Å². The fourth-order valence-electron chi connectivity index (χ4n) is 3.15. The van der Waals surface area contributed by atoms with Crippen LogP contribution in [-0.4, -0.2) is 74.1 Å². The summed E-state index contributed by atoms with van der Waals surface area (Å²) in [6, 6.07) is 0. The van der Waals surface area contributed by atoms with Gasteiger partial charge in [0, 0.05) is 19.0 Å². The van der Waals surface area contributed by atoms with Crippen LogP contribution in [-0.2, 0) is 14.3 Å². The second-order valence-electron chi connectivity index (χ2n) is 6.75. The maximum Gasteiger partial charge on any atom is 0.253 e. The number of likely N-dealkylation sites (N-methyl/N-ethyl adjacent to an activating group) is 1. The summed E-state index contributed by atoms with van der Waals surface area (Å²) in [4.78, 5) is 28.9. The van der Waals surface area contributed by atoms with Crippen molar-refractivity contribution in [3.63, 3.8) is 0 Å². The van der Waals surface area contributed by atoms with Crippen LogP contribution in [0.4, 0.5) is 0 Å². The predicted molar refractivity (Wildman–Crippen MR) is 79.8 cm³/mol. The molecule has 0 unspecified atom stereocenters. The lowest BCUT2D eigenvalue weighted by Gasteiger charge is -2.44. The van der Waals surface area contributed by atoms with E-state index in [1.165, 1.54) is 0 Å².